The van der Waals surface area contributed by atoms with Gasteiger partial charge in [-0.15, -0.1) is 0 Å². The van der Waals surface area contributed by atoms with Crippen LogP contribution >= 0.6 is 0 Å². The summed E-state index contributed by atoms with van der Waals surface area (Å²) in [5.41, 5.74) is 3.71. The minimum absolute atomic E-state index is 0.249. The number of nitrogens with zero attached hydrogens (tertiary/aromatic N) is 2. The maximum atomic E-state index is 5.53. The van der Waals surface area contributed by atoms with E-state index in [2.05, 4.69) is 49.7 Å². The summed E-state index contributed by atoms with van der Waals surface area (Å²) in [6, 6.07) is 0.313. The molecule has 0 radical (unpaired) electrons. The largest absolute Gasteiger partial charge is 0.377 e. The number of nitrogens with one attached hydrogen (secondary N) is 1. The van der Waals surface area contributed by atoms with Crippen molar-refractivity contribution in [2.45, 2.75) is 60.2 Å². The normalized spacial score (nSPS) is 14.8. The van der Waals surface area contributed by atoms with Gasteiger partial charge in [0.2, 0.25) is 0 Å². The van der Waals surface area contributed by atoms with Gasteiger partial charge in [0.25, 0.3) is 0 Å². The molecule has 0 saturated carbocycles. The Hall–Kier alpha value is -0.870. The fourth-order valence-corrected chi connectivity index (χ4v) is 2.43. The molecule has 4 heteroatoms. The number of hydrogen-bond acceptors (Lipinski definition) is 3. The third-order valence-electron chi connectivity index (χ3n) is 3.33. The van der Waals surface area contributed by atoms with Gasteiger partial charge in [-0.2, -0.15) is 5.10 Å². The lowest BCUT2D eigenvalue weighted by Gasteiger charge is -2.18. The van der Waals surface area contributed by atoms with Crippen LogP contribution in [0.5, 0.6) is 0 Å². The van der Waals surface area contributed by atoms with Crippen LogP contribution in [0.25, 0.3) is 0 Å². The molecule has 4 nitrogen and oxygen atoms in total. The first-order valence-electron chi connectivity index (χ1n) is 6.90. The van der Waals surface area contributed by atoms with Crippen LogP contribution in [0, 0.1) is 13.8 Å². The number of hydrogen-bond donors (Lipinski definition) is 1. The highest BCUT2D eigenvalue weighted by molar-refractivity contribution is 5.27. The van der Waals surface area contributed by atoms with E-state index in [-0.39, 0.29) is 6.10 Å². The van der Waals surface area contributed by atoms with E-state index in [1.165, 1.54) is 11.3 Å². The van der Waals surface area contributed by atoms with Gasteiger partial charge < -0.3 is 10.1 Å². The molecule has 0 bridgehead atoms. The molecular formula is C14H27N3O. The topological polar surface area (TPSA) is 39.1 Å². The smallest absolute Gasteiger partial charge is 0.0671 e. The zero-order valence-corrected chi connectivity index (χ0v) is 12.6. The predicted octanol–water partition coefficient (Wildman–Crippen LogP) is 2.60. The van der Waals surface area contributed by atoms with Crippen LogP contribution in [0.3, 0.4) is 0 Å². The van der Waals surface area contributed by atoms with Crippen molar-refractivity contribution < 1.29 is 4.74 Å². The second-order valence-corrected chi connectivity index (χ2v) is 4.80. The van der Waals surface area contributed by atoms with Gasteiger partial charge >= 0.3 is 0 Å². The molecule has 0 aliphatic rings. The molecule has 1 aromatic heterocycles. The van der Waals surface area contributed by atoms with Crippen molar-refractivity contribution in [3.63, 3.8) is 0 Å². The molecule has 0 aliphatic heterocycles. The van der Waals surface area contributed by atoms with Crippen LogP contribution in [-0.2, 0) is 11.3 Å². The van der Waals surface area contributed by atoms with Gasteiger partial charge in [0, 0.05) is 37.0 Å². The summed E-state index contributed by atoms with van der Waals surface area (Å²) in [4.78, 5) is 0. The van der Waals surface area contributed by atoms with Crippen LogP contribution in [-0.4, -0.2) is 29.0 Å². The Bertz CT molecular complexity index is 373. The molecule has 104 valence electrons. The summed E-state index contributed by atoms with van der Waals surface area (Å²) >= 11 is 0. The second kappa shape index (κ2) is 6.90. The minimum Gasteiger partial charge on any atom is -0.377 e. The Morgan fingerprint density at radius 3 is 2.44 bits per heavy atom. The van der Waals surface area contributed by atoms with E-state index in [4.69, 9.17) is 4.74 Å². The van der Waals surface area contributed by atoms with Crippen LogP contribution in [0.4, 0.5) is 0 Å². The lowest BCUT2D eigenvalue weighted by Crippen LogP contribution is -2.29. The third kappa shape index (κ3) is 3.56. The summed E-state index contributed by atoms with van der Waals surface area (Å²) < 4.78 is 7.60. The van der Waals surface area contributed by atoms with Crippen LogP contribution in [0.2, 0.25) is 0 Å². The number of aromatic nitrogens is 2. The molecule has 1 N–H and O–H groups in total. The summed E-state index contributed by atoms with van der Waals surface area (Å²) in [6.45, 7) is 15.2. The minimum atomic E-state index is 0.249. The average molecular weight is 253 g/mol. The maximum absolute atomic E-state index is 5.53. The molecule has 0 aliphatic carbocycles. The molecule has 1 heterocycles. The highest BCUT2D eigenvalue weighted by Gasteiger charge is 2.17. The maximum Gasteiger partial charge on any atom is 0.0671 e. The van der Waals surface area contributed by atoms with Gasteiger partial charge in [-0.25, -0.2) is 0 Å². The Labute approximate surface area is 111 Å². The van der Waals surface area contributed by atoms with Crippen molar-refractivity contribution in [3.05, 3.63) is 17.0 Å². The lowest BCUT2D eigenvalue weighted by atomic mass is 10.1. The van der Waals surface area contributed by atoms with Crippen molar-refractivity contribution in [3.8, 4) is 0 Å². The molecular weight excluding hydrogens is 226 g/mol. The molecule has 2 unspecified atom stereocenters. The fourth-order valence-electron chi connectivity index (χ4n) is 2.43. The van der Waals surface area contributed by atoms with E-state index in [9.17, 15) is 0 Å². The zero-order valence-electron chi connectivity index (χ0n) is 12.6. The predicted molar refractivity (Wildman–Crippen MR) is 74.9 cm³/mol. The van der Waals surface area contributed by atoms with E-state index < -0.39 is 0 Å². The Kier molecular flexibility index (Phi) is 5.82. The van der Waals surface area contributed by atoms with Gasteiger partial charge in [0.1, 0.15) is 0 Å². The van der Waals surface area contributed by atoms with Crippen molar-refractivity contribution in [1.82, 2.24) is 15.1 Å². The molecule has 0 amide bonds. The molecule has 0 saturated heterocycles. The van der Waals surface area contributed by atoms with Gasteiger partial charge in [0.15, 0.2) is 0 Å². The first-order valence-corrected chi connectivity index (χ1v) is 6.90. The fraction of sp³-hybridized carbons (Fsp3) is 0.786. The van der Waals surface area contributed by atoms with Crippen molar-refractivity contribution in [2.24, 2.45) is 0 Å². The quantitative estimate of drug-likeness (QED) is 0.812. The zero-order chi connectivity index (χ0) is 13.7. The Balaban J connectivity index is 2.66. The highest BCUT2D eigenvalue weighted by Crippen LogP contribution is 2.21. The molecule has 1 rings (SSSR count). The second-order valence-electron chi connectivity index (χ2n) is 4.80. The molecule has 18 heavy (non-hydrogen) atoms. The molecule has 1 aromatic rings. The summed E-state index contributed by atoms with van der Waals surface area (Å²) in [5, 5.41) is 8.08. The van der Waals surface area contributed by atoms with Gasteiger partial charge in [-0.1, -0.05) is 0 Å². The SMILES string of the molecule is CCOC(C)CNC(C)c1c(C)nn(CC)c1C. The number of rotatable bonds is 7. The van der Waals surface area contributed by atoms with E-state index >= 15 is 0 Å². The summed E-state index contributed by atoms with van der Waals surface area (Å²) in [6.07, 6.45) is 0.249. The lowest BCUT2D eigenvalue weighted by molar-refractivity contribution is 0.0743. The third-order valence-corrected chi connectivity index (χ3v) is 3.33. The summed E-state index contributed by atoms with van der Waals surface area (Å²) in [7, 11) is 0. The molecule has 2 atom stereocenters. The number of ether oxygens (including phenoxy) is 1. The van der Waals surface area contributed by atoms with E-state index in [0.717, 1.165) is 25.4 Å². The number of aryl methyl sites for hydroxylation is 2. The summed E-state index contributed by atoms with van der Waals surface area (Å²) in [5.74, 6) is 0. The Morgan fingerprint density at radius 2 is 1.94 bits per heavy atom. The standard InChI is InChI=1S/C14H27N3O/c1-7-17-13(6)14(12(5)16-17)11(4)15-9-10(3)18-8-2/h10-11,15H,7-9H2,1-6H3. The van der Waals surface area contributed by atoms with Crippen molar-refractivity contribution >= 4 is 0 Å². The van der Waals surface area contributed by atoms with Gasteiger partial charge in [-0.05, 0) is 41.5 Å². The molecule has 0 fully saturated rings. The van der Waals surface area contributed by atoms with E-state index in [1.807, 2.05) is 6.92 Å². The van der Waals surface area contributed by atoms with E-state index in [0.29, 0.717) is 6.04 Å². The first kappa shape index (κ1) is 15.2. The first-order chi connectivity index (χ1) is 8.51. The van der Waals surface area contributed by atoms with Crippen LogP contribution in [0.15, 0.2) is 0 Å². The Morgan fingerprint density at radius 1 is 1.28 bits per heavy atom. The van der Waals surface area contributed by atoms with Gasteiger partial charge in [0.05, 0.1) is 11.8 Å². The van der Waals surface area contributed by atoms with E-state index in [1.54, 1.807) is 0 Å². The monoisotopic (exact) mass is 253 g/mol. The van der Waals surface area contributed by atoms with Crippen molar-refractivity contribution in [2.75, 3.05) is 13.2 Å². The molecule has 0 spiro atoms. The van der Waals surface area contributed by atoms with Crippen LogP contribution in [0.1, 0.15) is 50.7 Å². The van der Waals surface area contributed by atoms with Crippen molar-refractivity contribution in [1.29, 1.82) is 0 Å². The molecule has 0 aromatic carbocycles. The van der Waals surface area contributed by atoms with Gasteiger partial charge in [-0.3, -0.25) is 4.68 Å². The highest BCUT2D eigenvalue weighted by atomic mass is 16.5. The van der Waals surface area contributed by atoms with Crippen LogP contribution < -0.4 is 5.32 Å². The average Bonchev–Trinajstić information content (AvgIpc) is 2.61.